The van der Waals surface area contributed by atoms with Crippen LogP contribution in [0.4, 0.5) is 17.8 Å². The fourth-order valence-electron chi connectivity index (χ4n) is 3.99. The quantitative estimate of drug-likeness (QED) is 0.132. The number of amides is 1. The maximum absolute atomic E-state index is 12.4. The summed E-state index contributed by atoms with van der Waals surface area (Å²) in [6.45, 7) is 6.81. The largest absolute Gasteiger partial charge is 0.454 e. The Hall–Kier alpha value is -4.20. The van der Waals surface area contributed by atoms with E-state index in [4.69, 9.17) is 24.7 Å². The highest BCUT2D eigenvalue weighted by Gasteiger charge is 2.17. The first-order valence-electron chi connectivity index (χ1n) is 14.2. The molecule has 1 aliphatic rings. The number of unbranched alkanes of at least 4 members (excludes halogenated alkanes) is 1. The summed E-state index contributed by atoms with van der Waals surface area (Å²) in [4.78, 5) is 26.1. The van der Waals surface area contributed by atoms with E-state index in [2.05, 4.69) is 43.1 Å². The monoisotopic (exact) mass is 580 g/mol. The molecule has 226 valence electrons. The summed E-state index contributed by atoms with van der Waals surface area (Å²) in [7, 11) is 0. The number of aromatic nitrogens is 3. The van der Waals surface area contributed by atoms with Gasteiger partial charge in [-0.15, -0.1) is 0 Å². The van der Waals surface area contributed by atoms with Crippen molar-refractivity contribution in [3.63, 3.8) is 0 Å². The fraction of sp³-hybridized carbons (Fsp3) is 0.448. The summed E-state index contributed by atoms with van der Waals surface area (Å²) in [6.07, 6.45) is 2.06. The molecule has 0 spiro atoms. The van der Waals surface area contributed by atoms with Gasteiger partial charge < -0.3 is 45.9 Å². The van der Waals surface area contributed by atoms with Gasteiger partial charge in [0.2, 0.25) is 24.6 Å². The summed E-state index contributed by atoms with van der Waals surface area (Å²) in [5.74, 6) is 2.65. The Morgan fingerprint density at radius 2 is 1.57 bits per heavy atom. The molecule has 4 rings (SSSR count). The van der Waals surface area contributed by atoms with Crippen LogP contribution in [0.25, 0.3) is 0 Å². The van der Waals surface area contributed by atoms with E-state index in [1.54, 1.807) is 12.1 Å². The van der Waals surface area contributed by atoms with Crippen molar-refractivity contribution in [3.8, 4) is 11.5 Å². The molecule has 0 saturated carbocycles. The molecule has 1 aliphatic heterocycles. The molecule has 42 heavy (non-hydrogen) atoms. The molecular weight excluding hydrogens is 540 g/mol. The van der Waals surface area contributed by atoms with Crippen molar-refractivity contribution >= 4 is 23.8 Å². The van der Waals surface area contributed by atoms with Crippen LogP contribution in [-0.2, 0) is 22.6 Å². The summed E-state index contributed by atoms with van der Waals surface area (Å²) in [6, 6.07) is 13.1. The minimum absolute atomic E-state index is 0.158. The molecule has 2 heterocycles. The van der Waals surface area contributed by atoms with Gasteiger partial charge in [-0.2, -0.15) is 15.0 Å². The molecule has 0 unspecified atom stereocenters. The summed E-state index contributed by atoms with van der Waals surface area (Å²) < 4.78 is 21.8. The number of rotatable bonds is 19. The number of nitrogens with two attached hydrogens (primary N) is 1. The fourth-order valence-corrected chi connectivity index (χ4v) is 3.99. The lowest BCUT2D eigenvalue weighted by Crippen LogP contribution is -2.27. The Kier molecular flexibility index (Phi) is 12.4. The molecule has 0 radical (unpaired) electrons. The second-order valence-electron chi connectivity index (χ2n) is 9.41. The Bertz CT molecular complexity index is 1260. The molecule has 13 heteroatoms. The highest BCUT2D eigenvalue weighted by molar-refractivity contribution is 5.94. The molecular formula is C29H40N8O5. The van der Waals surface area contributed by atoms with Gasteiger partial charge >= 0.3 is 0 Å². The zero-order valence-corrected chi connectivity index (χ0v) is 24.0. The molecule has 1 amide bonds. The van der Waals surface area contributed by atoms with Crippen molar-refractivity contribution < 1.29 is 23.7 Å². The van der Waals surface area contributed by atoms with Gasteiger partial charge in [0.15, 0.2) is 11.5 Å². The maximum Gasteiger partial charge on any atom is 0.251 e. The topological polar surface area (TPSA) is 167 Å². The van der Waals surface area contributed by atoms with Crippen LogP contribution >= 0.6 is 0 Å². The highest BCUT2D eigenvalue weighted by atomic mass is 16.7. The summed E-state index contributed by atoms with van der Waals surface area (Å²) in [5, 5.41) is 12.7. The van der Waals surface area contributed by atoms with Crippen LogP contribution in [0, 0.1) is 0 Å². The zero-order valence-electron chi connectivity index (χ0n) is 24.0. The van der Waals surface area contributed by atoms with Gasteiger partial charge in [-0.1, -0.05) is 37.6 Å². The van der Waals surface area contributed by atoms with Gasteiger partial charge in [0.25, 0.3) is 5.91 Å². The van der Waals surface area contributed by atoms with Crippen LogP contribution in [-0.4, -0.2) is 73.7 Å². The third-order valence-electron chi connectivity index (χ3n) is 6.20. The van der Waals surface area contributed by atoms with E-state index in [0.717, 1.165) is 42.0 Å². The van der Waals surface area contributed by atoms with E-state index in [-0.39, 0.29) is 12.7 Å². The Morgan fingerprint density at radius 3 is 2.31 bits per heavy atom. The van der Waals surface area contributed by atoms with E-state index >= 15 is 0 Å². The molecule has 0 atom stereocenters. The van der Waals surface area contributed by atoms with Crippen molar-refractivity contribution in [2.75, 3.05) is 68.8 Å². The van der Waals surface area contributed by atoms with Crippen LogP contribution in [0.2, 0.25) is 0 Å². The van der Waals surface area contributed by atoms with Gasteiger partial charge in [-0.25, -0.2) is 0 Å². The zero-order chi connectivity index (χ0) is 29.4. The maximum atomic E-state index is 12.4. The SMILES string of the molecule is CCCCNc1nc(NCc2ccc(C(=O)NCCOCCOCCN)cc2)nc(NCc2cccc3c2OCO3)n1. The van der Waals surface area contributed by atoms with E-state index in [1.807, 2.05) is 30.3 Å². The van der Waals surface area contributed by atoms with E-state index in [0.29, 0.717) is 76.0 Å². The molecule has 0 saturated heterocycles. The third-order valence-corrected chi connectivity index (χ3v) is 6.20. The second kappa shape index (κ2) is 16.9. The van der Waals surface area contributed by atoms with E-state index in [9.17, 15) is 4.79 Å². The van der Waals surface area contributed by atoms with Gasteiger partial charge in [0.05, 0.1) is 26.4 Å². The first kappa shape index (κ1) is 30.8. The predicted molar refractivity (Wildman–Crippen MR) is 160 cm³/mol. The summed E-state index contributed by atoms with van der Waals surface area (Å²) >= 11 is 0. The van der Waals surface area contributed by atoms with Crippen molar-refractivity contribution in [1.82, 2.24) is 20.3 Å². The highest BCUT2D eigenvalue weighted by Crippen LogP contribution is 2.35. The van der Waals surface area contributed by atoms with Gasteiger partial charge in [-0.3, -0.25) is 4.79 Å². The van der Waals surface area contributed by atoms with Crippen LogP contribution in [0.1, 0.15) is 41.3 Å². The van der Waals surface area contributed by atoms with Crippen LogP contribution in [0.5, 0.6) is 11.5 Å². The second-order valence-corrected chi connectivity index (χ2v) is 9.41. The number of benzene rings is 2. The van der Waals surface area contributed by atoms with Gasteiger partial charge in [0.1, 0.15) is 0 Å². The van der Waals surface area contributed by atoms with Crippen LogP contribution in [0.3, 0.4) is 0 Å². The number of nitrogens with one attached hydrogen (secondary N) is 4. The van der Waals surface area contributed by atoms with E-state index < -0.39 is 0 Å². The lowest BCUT2D eigenvalue weighted by molar-refractivity contribution is 0.0511. The molecule has 0 fully saturated rings. The third kappa shape index (κ3) is 9.72. The number of nitrogens with zero attached hydrogens (tertiary/aromatic N) is 3. The number of hydrogen-bond acceptors (Lipinski definition) is 12. The van der Waals surface area contributed by atoms with Crippen LogP contribution in [0.15, 0.2) is 42.5 Å². The van der Waals surface area contributed by atoms with Crippen LogP contribution < -0.4 is 36.5 Å². The van der Waals surface area contributed by atoms with Gasteiger partial charge in [0, 0.05) is 43.9 Å². The molecule has 3 aromatic rings. The average Bonchev–Trinajstić information content (AvgIpc) is 3.50. The smallest absolute Gasteiger partial charge is 0.251 e. The van der Waals surface area contributed by atoms with Crippen molar-refractivity contribution in [1.29, 1.82) is 0 Å². The minimum atomic E-state index is -0.158. The lowest BCUT2D eigenvalue weighted by Gasteiger charge is -2.12. The average molecular weight is 581 g/mol. The molecule has 1 aromatic heterocycles. The van der Waals surface area contributed by atoms with Crippen molar-refractivity contribution in [2.24, 2.45) is 5.73 Å². The number of ether oxygens (including phenoxy) is 4. The Balaban J connectivity index is 1.29. The Morgan fingerprint density at radius 1 is 0.857 bits per heavy atom. The standard InChI is InChI=1S/C29H40N8O5/c1-2-3-12-32-27-35-28(37-29(36-27)34-19-23-5-4-6-24-25(23)42-20-41-24)33-18-21-7-9-22(10-8-21)26(38)31-13-15-40-17-16-39-14-11-30/h4-10H,2-3,11-20,30H2,1H3,(H,31,38)(H3,32,33,34,35,36,37). The molecule has 2 aromatic carbocycles. The molecule has 6 N–H and O–H groups in total. The Labute approximate surface area is 245 Å². The first-order chi connectivity index (χ1) is 20.7. The molecule has 13 nitrogen and oxygen atoms in total. The van der Waals surface area contributed by atoms with Crippen molar-refractivity contribution in [2.45, 2.75) is 32.9 Å². The van der Waals surface area contributed by atoms with E-state index in [1.165, 1.54) is 0 Å². The number of para-hydroxylation sites is 1. The van der Waals surface area contributed by atoms with Gasteiger partial charge in [-0.05, 0) is 30.2 Å². The minimum Gasteiger partial charge on any atom is -0.454 e. The predicted octanol–water partition coefficient (Wildman–Crippen LogP) is 2.76. The number of carbonyl (C=O) groups is 1. The number of hydrogen-bond donors (Lipinski definition) is 5. The molecule has 0 bridgehead atoms. The summed E-state index contributed by atoms with van der Waals surface area (Å²) in [5.41, 5.74) is 7.86. The molecule has 0 aliphatic carbocycles. The number of carbonyl (C=O) groups excluding carboxylic acids is 1. The lowest BCUT2D eigenvalue weighted by atomic mass is 10.1. The number of anilines is 3. The first-order valence-corrected chi connectivity index (χ1v) is 14.2. The number of fused-ring (bicyclic) bond motifs is 1. The van der Waals surface area contributed by atoms with Crippen molar-refractivity contribution in [3.05, 3.63) is 59.2 Å². The normalized spacial score (nSPS) is 11.8.